The second-order valence-electron chi connectivity index (χ2n) is 2.16. The summed E-state index contributed by atoms with van der Waals surface area (Å²) in [4.78, 5) is 0. The molecule has 0 aliphatic heterocycles. The molecule has 0 aliphatic carbocycles. The van der Waals surface area contributed by atoms with Gasteiger partial charge in [-0.2, -0.15) is 0 Å². The Balaban J connectivity index is 3.09. The lowest BCUT2D eigenvalue weighted by molar-refractivity contribution is 0.401. The fraction of sp³-hybridized carbons (Fsp3) is 0.125. The zero-order valence-electron chi connectivity index (χ0n) is 6.40. The predicted octanol–water partition coefficient (Wildman–Crippen LogP) is 3.07. The van der Waals surface area contributed by atoms with Crippen LogP contribution in [-0.4, -0.2) is 13.0 Å². The summed E-state index contributed by atoms with van der Waals surface area (Å²) in [7, 11) is 1.46. The van der Waals surface area contributed by atoms with Gasteiger partial charge >= 0.3 is 0 Å². The Kier molecular flexibility index (Phi) is 3.12. The standard InChI is InChI=1S/C8H7BrClNO/c1-12-8(11)6-3-2-5(10)4-7(6)9/h2-4,11H,1H3. The maximum atomic E-state index is 7.39. The van der Waals surface area contributed by atoms with Crippen LogP contribution >= 0.6 is 27.5 Å². The summed E-state index contributed by atoms with van der Waals surface area (Å²) in [5, 5.41) is 8.03. The van der Waals surface area contributed by atoms with Crippen molar-refractivity contribution >= 4 is 33.4 Å². The number of hydrogen-bond donors (Lipinski definition) is 1. The van der Waals surface area contributed by atoms with Crippen LogP contribution in [0.4, 0.5) is 0 Å². The van der Waals surface area contributed by atoms with Crippen molar-refractivity contribution in [2.24, 2.45) is 0 Å². The third-order valence-electron chi connectivity index (χ3n) is 1.38. The molecule has 0 amide bonds. The van der Waals surface area contributed by atoms with Gasteiger partial charge in [-0.15, -0.1) is 0 Å². The molecule has 0 bridgehead atoms. The highest BCUT2D eigenvalue weighted by Crippen LogP contribution is 2.21. The summed E-state index contributed by atoms with van der Waals surface area (Å²) in [6, 6.07) is 5.18. The lowest BCUT2D eigenvalue weighted by Crippen LogP contribution is -2.01. The molecule has 0 fully saturated rings. The van der Waals surface area contributed by atoms with Crippen molar-refractivity contribution in [3.05, 3.63) is 33.3 Å². The van der Waals surface area contributed by atoms with Crippen LogP contribution in [0.5, 0.6) is 0 Å². The second-order valence-corrected chi connectivity index (χ2v) is 3.45. The van der Waals surface area contributed by atoms with Crippen molar-refractivity contribution in [3.63, 3.8) is 0 Å². The van der Waals surface area contributed by atoms with E-state index in [1.54, 1.807) is 18.2 Å². The number of benzene rings is 1. The van der Waals surface area contributed by atoms with Crippen LogP contribution in [-0.2, 0) is 4.74 Å². The van der Waals surface area contributed by atoms with Gasteiger partial charge in [-0.1, -0.05) is 11.6 Å². The van der Waals surface area contributed by atoms with Crippen LogP contribution in [0.15, 0.2) is 22.7 Å². The van der Waals surface area contributed by atoms with Gasteiger partial charge in [0.2, 0.25) is 5.90 Å². The van der Waals surface area contributed by atoms with E-state index >= 15 is 0 Å². The highest BCUT2D eigenvalue weighted by atomic mass is 79.9. The predicted molar refractivity (Wildman–Crippen MR) is 53.0 cm³/mol. The molecule has 0 radical (unpaired) electrons. The molecule has 0 saturated heterocycles. The van der Waals surface area contributed by atoms with Gasteiger partial charge in [0, 0.05) is 9.50 Å². The first-order valence-electron chi connectivity index (χ1n) is 3.23. The number of halogens is 2. The number of ether oxygens (including phenoxy) is 1. The molecule has 1 aromatic carbocycles. The van der Waals surface area contributed by atoms with E-state index in [0.29, 0.717) is 10.6 Å². The van der Waals surface area contributed by atoms with Crippen molar-refractivity contribution < 1.29 is 4.74 Å². The fourth-order valence-corrected chi connectivity index (χ4v) is 1.65. The average Bonchev–Trinajstić information content (AvgIpc) is 2.03. The van der Waals surface area contributed by atoms with Gasteiger partial charge in [-0.3, -0.25) is 5.41 Å². The first kappa shape index (κ1) is 9.55. The maximum Gasteiger partial charge on any atom is 0.214 e. The zero-order valence-corrected chi connectivity index (χ0v) is 8.74. The Bertz CT molecular complexity index is 314. The summed E-state index contributed by atoms with van der Waals surface area (Å²) < 4.78 is 5.53. The number of rotatable bonds is 1. The van der Waals surface area contributed by atoms with Crippen LogP contribution in [0.1, 0.15) is 5.56 Å². The molecule has 0 atom stereocenters. The molecule has 1 N–H and O–H groups in total. The van der Waals surface area contributed by atoms with Crippen molar-refractivity contribution in [1.82, 2.24) is 0 Å². The molecule has 0 aromatic heterocycles. The first-order valence-corrected chi connectivity index (χ1v) is 4.40. The van der Waals surface area contributed by atoms with Gasteiger partial charge < -0.3 is 4.74 Å². The zero-order chi connectivity index (χ0) is 9.14. The molecule has 0 heterocycles. The van der Waals surface area contributed by atoms with E-state index in [1.165, 1.54) is 7.11 Å². The third-order valence-corrected chi connectivity index (χ3v) is 2.27. The van der Waals surface area contributed by atoms with Gasteiger partial charge in [-0.05, 0) is 34.1 Å². The summed E-state index contributed by atoms with van der Waals surface area (Å²) in [6.45, 7) is 0. The normalized spacial score (nSPS) is 9.58. The van der Waals surface area contributed by atoms with Gasteiger partial charge in [-0.25, -0.2) is 0 Å². The van der Waals surface area contributed by atoms with E-state index in [-0.39, 0.29) is 5.90 Å². The van der Waals surface area contributed by atoms with Crippen LogP contribution in [0.2, 0.25) is 5.02 Å². The van der Waals surface area contributed by atoms with E-state index in [9.17, 15) is 0 Å². The summed E-state index contributed by atoms with van der Waals surface area (Å²) >= 11 is 9.01. The third kappa shape index (κ3) is 1.99. The number of methoxy groups -OCH3 is 1. The number of nitrogens with one attached hydrogen (secondary N) is 1. The molecule has 0 spiro atoms. The lowest BCUT2D eigenvalue weighted by Gasteiger charge is -2.04. The molecular formula is C8H7BrClNO. The van der Waals surface area contributed by atoms with Gasteiger partial charge in [0.25, 0.3) is 0 Å². The van der Waals surface area contributed by atoms with Crippen molar-refractivity contribution in [1.29, 1.82) is 5.41 Å². The SMILES string of the molecule is COC(=N)c1ccc(Cl)cc1Br. The van der Waals surface area contributed by atoms with E-state index in [4.69, 9.17) is 21.7 Å². The number of hydrogen-bond acceptors (Lipinski definition) is 2. The highest BCUT2D eigenvalue weighted by Gasteiger charge is 2.05. The Morgan fingerprint density at radius 2 is 2.25 bits per heavy atom. The molecule has 4 heteroatoms. The molecule has 0 saturated carbocycles. The first-order chi connectivity index (χ1) is 5.65. The van der Waals surface area contributed by atoms with Gasteiger partial charge in [0.1, 0.15) is 0 Å². The average molecular weight is 249 g/mol. The molecule has 0 aliphatic rings. The monoisotopic (exact) mass is 247 g/mol. The van der Waals surface area contributed by atoms with Crippen LogP contribution < -0.4 is 0 Å². The van der Waals surface area contributed by atoms with Crippen molar-refractivity contribution in [2.75, 3.05) is 7.11 Å². The van der Waals surface area contributed by atoms with Crippen LogP contribution in [0.3, 0.4) is 0 Å². The minimum atomic E-state index is 0.124. The minimum absolute atomic E-state index is 0.124. The Labute approximate surface area is 84.1 Å². The van der Waals surface area contributed by atoms with E-state index in [2.05, 4.69) is 15.9 Å². The fourth-order valence-electron chi connectivity index (χ4n) is 0.784. The second kappa shape index (κ2) is 3.92. The van der Waals surface area contributed by atoms with E-state index < -0.39 is 0 Å². The summed E-state index contributed by atoms with van der Waals surface area (Å²) in [6.07, 6.45) is 0. The topological polar surface area (TPSA) is 33.1 Å². The minimum Gasteiger partial charge on any atom is -0.481 e. The molecule has 12 heavy (non-hydrogen) atoms. The van der Waals surface area contributed by atoms with Crippen molar-refractivity contribution in [2.45, 2.75) is 0 Å². The van der Waals surface area contributed by atoms with Crippen molar-refractivity contribution in [3.8, 4) is 0 Å². The Morgan fingerprint density at radius 1 is 1.58 bits per heavy atom. The molecule has 1 aromatic rings. The molecule has 0 unspecified atom stereocenters. The van der Waals surface area contributed by atoms with E-state index in [0.717, 1.165) is 4.47 Å². The lowest BCUT2D eigenvalue weighted by atomic mass is 10.2. The Morgan fingerprint density at radius 3 is 2.75 bits per heavy atom. The molecule has 64 valence electrons. The highest BCUT2D eigenvalue weighted by molar-refractivity contribution is 9.10. The summed E-state index contributed by atoms with van der Waals surface area (Å²) in [5.41, 5.74) is 0.696. The Hall–Kier alpha value is -0.540. The van der Waals surface area contributed by atoms with Gasteiger partial charge in [0.15, 0.2) is 0 Å². The molecule has 1 rings (SSSR count). The van der Waals surface area contributed by atoms with Crippen LogP contribution in [0, 0.1) is 5.41 Å². The maximum absolute atomic E-state index is 7.39. The van der Waals surface area contributed by atoms with E-state index in [1.807, 2.05) is 0 Å². The summed E-state index contributed by atoms with van der Waals surface area (Å²) in [5.74, 6) is 0.124. The molecule has 2 nitrogen and oxygen atoms in total. The molecular weight excluding hydrogens is 241 g/mol. The van der Waals surface area contributed by atoms with Crippen LogP contribution in [0.25, 0.3) is 0 Å². The van der Waals surface area contributed by atoms with Gasteiger partial charge in [0.05, 0.1) is 12.7 Å². The largest absolute Gasteiger partial charge is 0.481 e. The quantitative estimate of drug-likeness (QED) is 0.601. The smallest absolute Gasteiger partial charge is 0.214 e.